The van der Waals surface area contributed by atoms with E-state index in [-0.39, 0.29) is 11.4 Å². The number of hydrogen-bond donors (Lipinski definition) is 2. The molecule has 0 saturated heterocycles. The molecule has 0 heterocycles. The van der Waals surface area contributed by atoms with Gasteiger partial charge in [0.05, 0.1) is 19.1 Å². The highest BCUT2D eigenvalue weighted by Crippen LogP contribution is 2.25. The molecule has 0 bridgehead atoms. The minimum absolute atomic E-state index is 0.103. The van der Waals surface area contributed by atoms with Gasteiger partial charge in [-0.3, -0.25) is 0 Å². The molecule has 0 aliphatic carbocycles. The monoisotopic (exact) mass is 336 g/mol. The van der Waals surface area contributed by atoms with E-state index in [1.165, 1.54) is 26.4 Å². The molecule has 124 valence electrons. The lowest BCUT2D eigenvalue weighted by atomic mass is 10.1. The Morgan fingerprint density at radius 1 is 1.00 bits per heavy atom. The maximum atomic E-state index is 12.4. The number of nitrogens with two attached hydrogens (primary N) is 1. The first-order chi connectivity index (χ1) is 10.9. The third-order valence-electron chi connectivity index (χ3n) is 3.32. The summed E-state index contributed by atoms with van der Waals surface area (Å²) in [6.07, 6.45) is 0.570. The number of hydrogen-bond acceptors (Lipinski definition) is 5. The van der Waals surface area contributed by atoms with Crippen molar-refractivity contribution in [2.24, 2.45) is 0 Å². The van der Waals surface area contributed by atoms with Gasteiger partial charge in [-0.25, -0.2) is 13.1 Å². The van der Waals surface area contributed by atoms with E-state index in [4.69, 9.17) is 15.2 Å². The van der Waals surface area contributed by atoms with Crippen LogP contribution in [0.1, 0.15) is 5.56 Å². The van der Waals surface area contributed by atoms with E-state index < -0.39 is 10.0 Å². The molecule has 0 aromatic heterocycles. The van der Waals surface area contributed by atoms with Crippen molar-refractivity contribution in [3.63, 3.8) is 0 Å². The van der Waals surface area contributed by atoms with Crippen LogP contribution in [-0.2, 0) is 16.4 Å². The Labute approximate surface area is 136 Å². The molecule has 7 heteroatoms. The minimum atomic E-state index is -3.64. The van der Waals surface area contributed by atoms with Crippen LogP contribution in [0, 0.1) is 0 Å². The first-order valence-electron chi connectivity index (χ1n) is 7.02. The van der Waals surface area contributed by atoms with Crippen molar-refractivity contribution >= 4 is 15.7 Å². The van der Waals surface area contributed by atoms with Gasteiger partial charge in [-0.05, 0) is 24.1 Å². The number of nitrogen functional groups attached to an aromatic ring is 1. The van der Waals surface area contributed by atoms with Crippen LogP contribution in [0.15, 0.2) is 47.4 Å². The molecule has 0 atom stereocenters. The molecule has 0 saturated carbocycles. The molecule has 2 aromatic rings. The highest BCUT2D eigenvalue weighted by molar-refractivity contribution is 7.89. The predicted octanol–water partition coefficient (Wildman–Crippen LogP) is 1.81. The summed E-state index contributed by atoms with van der Waals surface area (Å²) in [6.45, 7) is 0.284. The lowest BCUT2D eigenvalue weighted by Gasteiger charge is -2.10. The van der Waals surface area contributed by atoms with Crippen molar-refractivity contribution in [2.45, 2.75) is 11.3 Å². The Morgan fingerprint density at radius 3 is 2.09 bits per heavy atom. The van der Waals surface area contributed by atoms with Gasteiger partial charge in [0, 0.05) is 30.4 Å². The lowest BCUT2D eigenvalue weighted by molar-refractivity contribution is 0.392. The molecule has 0 amide bonds. The van der Waals surface area contributed by atoms with Gasteiger partial charge in [0.1, 0.15) is 11.5 Å². The number of nitrogens with one attached hydrogen (secondary N) is 1. The molecule has 0 aliphatic rings. The average molecular weight is 336 g/mol. The molecule has 0 fully saturated rings. The first-order valence-corrected chi connectivity index (χ1v) is 8.50. The summed E-state index contributed by atoms with van der Waals surface area (Å²) in [4.78, 5) is 0.103. The molecule has 6 nitrogen and oxygen atoms in total. The molecule has 0 unspecified atom stereocenters. The van der Waals surface area contributed by atoms with Crippen LogP contribution in [0.25, 0.3) is 0 Å². The maximum absolute atomic E-state index is 12.4. The number of methoxy groups -OCH3 is 2. The Morgan fingerprint density at radius 2 is 1.57 bits per heavy atom. The Bertz CT molecular complexity index is 736. The molecule has 2 aromatic carbocycles. The molecule has 0 spiro atoms. The number of benzene rings is 2. The van der Waals surface area contributed by atoms with E-state index in [0.717, 1.165) is 5.56 Å². The van der Waals surface area contributed by atoms with Crippen molar-refractivity contribution < 1.29 is 17.9 Å². The lowest BCUT2D eigenvalue weighted by Crippen LogP contribution is -2.26. The van der Waals surface area contributed by atoms with Crippen LogP contribution in [0.4, 0.5) is 5.69 Å². The van der Waals surface area contributed by atoms with Crippen LogP contribution >= 0.6 is 0 Å². The second-order valence-electron chi connectivity index (χ2n) is 4.94. The van der Waals surface area contributed by atoms with Gasteiger partial charge in [0.15, 0.2) is 0 Å². The molecule has 23 heavy (non-hydrogen) atoms. The van der Waals surface area contributed by atoms with Crippen molar-refractivity contribution in [3.05, 3.63) is 48.0 Å². The fourth-order valence-electron chi connectivity index (χ4n) is 2.03. The molecular weight excluding hydrogens is 316 g/mol. The number of rotatable bonds is 7. The normalized spacial score (nSPS) is 11.2. The third kappa shape index (κ3) is 4.61. The van der Waals surface area contributed by atoms with Crippen molar-refractivity contribution in [1.29, 1.82) is 0 Å². The van der Waals surface area contributed by atoms with Crippen LogP contribution in [0.5, 0.6) is 11.5 Å². The number of ether oxygens (including phenoxy) is 2. The predicted molar refractivity (Wildman–Crippen MR) is 89.3 cm³/mol. The Kier molecular flexibility index (Phi) is 5.46. The summed E-state index contributed by atoms with van der Waals surface area (Å²) in [5.74, 6) is 0.839. The molecular formula is C16H20N2O4S. The average Bonchev–Trinajstić information content (AvgIpc) is 2.56. The fraction of sp³-hybridized carbons (Fsp3) is 0.250. The van der Waals surface area contributed by atoms with Gasteiger partial charge in [-0.2, -0.15) is 0 Å². The van der Waals surface area contributed by atoms with Gasteiger partial charge in [0.25, 0.3) is 0 Å². The van der Waals surface area contributed by atoms with Crippen molar-refractivity contribution in [3.8, 4) is 11.5 Å². The SMILES string of the molecule is COc1cc(OC)cc(S(=O)(=O)NCCc2ccc(N)cc2)c1. The van der Waals surface area contributed by atoms with Crippen LogP contribution in [0.3, 0.4) is 0 Å². The summed E-state index contributed by atoms with van der Waals surface area (Å²) in [7, 11) is -0.695. The smallest absolute Gasteiger partial charge is 0.240 e. The van der Waals surface area contributed by atoms with Gasteiger partial charge < -0.3 is 15.2 Å². The van der Waals surface area contributed by atoms with Crippen molar-refractivity contribution in [2.75, 3.05) is 26.5 Å². The fourth-order valence-corrected chi connectivity index (χ4v) is 3.11. The highest BCUT2D eigenvalue weighted by atomic mass is 32.2. The zero-order valence-corrected chi connectivity index (χ0v) is 13.9. The first kappa shape index (κ1) is 17.1. The molecule has 0 aliphatic heterocycles. The van der Waals surface area contributed by atoms with Crippen LogP contribution in [0.2, 0.25) is 0 Å². The van der Waals surface area contributed by atoms with Gasteiger partial charge >= 0.3 is 0 Å². The van der Waals surface area contributed by atoms with E-state index in [0.29, 0.717) is 23.6 Å². The van der Waals surface area contributed by atoms with Crippen LogP contribution < -0.4 is 19.9 Å². The summed E-state index contributed by atoms with van der Waals surface area (Å²) < 4.78 is 37.5. The molecule has 2 rings (SSSR count). The quantitative estimate of drug-likeness (QED) is 0.753. The summed E-state index contributed by atoms with van der Waals surface area (Å²) in [6, 6.07) is 11.8. The van der Waals surface area contributed by atoms with Crippen molar-refractivity contribution in [1.82, 2.24) is 4.72 Å². The summed E-state index contributed by atoms with van der Waals surface area (Å²) >= 11 is 0. The maximum Gasteiger partial charge on any atom is 0.240 e. The molecule has 3 N–H and O–H groups in total. The van der Waals surface area contributed by atoms with Gasteiger partial charge in [0.2, 0.25) is 10.0 Å². The third-order valence-corrected chi connectivity index (χ3v) is 4.76. The number of sulfonamides is 1. The van der Waals surface area contributed by atoms with E-state index in [1.54, 1.807) is 18.2 Å². The van der Waals surface area contributed by atoms with Crippen LogP contribution in [-0.4, -0.2) is 29.2 Å². The zero-order chi connectivity index (χ0) is 16.9. The van der Waals surface area contributed by atoms with E-state index in [1.807, 2.05) is 12.1 Å². The minimum Gasteiger partial charge on any atom is -0.497 e. The highest BCUT2D eigenvalue weighted by Gasteiger charge is 2.16. The van der Waals surface area contributed by atoms with Gasteiger partial charge in [-0.15, -0.1) is 0 Å². The number of anilines is 1. The topological polar surface area (TPSA) is 90.6 Å². The second-order valence-corrected chi connectivity index (χ2v) is 6.70. The largest absolute Gasteiger partial charge is 0.497 e. The zero-order valence-electron chi connectivity index (χ0n) is 13.1. The van der Waals surface area contributed by atoms with E-state index in [9.17, 15) is 8.42 Å². The Balaban J connectivity index is 2.08. The second kappa shape index (κ2) is 7.34. The molecule has 0 radical (unpaired) electrons. The summed E-state index contributed by atoms with van der Waals surface area (Å²) in [5.41, 5.74) is 7.30. The Hall–Kier alpha value is -2.25. The van der Waals surface area contributed by atoms with E-state index >= 15 is 0 Å². The van der Waals surface area contributed by atoms with E-state index in [2.05, 4.69) is 4.72 Å². The summed E-state index contributed by atoms with van der Waals surface area (Å²) in [5, 5.41) is 0. The standard InChI is InChI=1S/C16H20N2O4S/c1-21-14-9-15(22-2)11-16(10-14)23(19,20)18-8-7-12-3-5-13(17)6-4-12/h3-6,9-11,18H,7-8,17H2,1-2H3. The van der Waals surface area contributed by atoms with Gasteiger partial charge in [-0.1, -0.05) is 12.1 Å².